The minimum atomic E-state index is -4.45. The third kappa shape index (κ3) is 4.38. The number of carbonyl (C=O) groups excluding carboxylic acids is 1. The molecule has 0 radical (unpaired) electrons. The lowest BCUT2D eigenvalue weighted by Gasteiger charge is -2.35. The molecule has 9 heteroatoms. The van der Waals surface area contributed by atoms with Gasteiger partial charge in [-0.1, -0.05) is 0 Å². The van der Waals surface area contributed by atoms with Crippen LogP contribution in [0.2, 0.25) is 0 Å². The number of hydrogen-bond acceptors (Lipinski definition) is 4. The summed E-state index contributed by atoms with van der Waals surface area (Å²) < 4.78 is 52.4. The number of piperazine rings is 1. The Morgan fingerprint density at radius 2 is 2.05 bits per heavy atom. The maximum Gasteiger partial charge on any atom is 0.405 e. The predicted molar refractivity (Wildman–Crippen MR) is 70.8 cm³/mol. The molecule has 1 unspecified atom stereocenters. The quantitative estimate of drug-likeness (QED) is 0.806. The summed E-state index contributed by atoms with van der Waals surface area (Å²) in [6.45, 7) is 0.852. The molecule has 0 bridgehead atoms. The van der Waals surface area contributed by atoms with Crippen molar-refractivity contribution in [3.63, 3.8) is 0 Å². The predicted octanol–water partition coefficient (Wildman–Crippen LogP) is 0.787. The molecule has 2 N–H and O–H groups in total. The summed E-state index contributed by atoms with van der Waals surface area (Å²) in [6.07, 6.45) is -2.44. The number of hydrogen-bond donors (Lipinski definition) is 2. The Bertz CT molecular complexity index is 517. The first kappa shape index (κ1) is 16.6. The highest BCUT2D eigenvalue weighted by atomic mass is 19.4. The van der Waals surface area contributed by atoms with Gasteiger partial charge in [0, 0.05) is 38.9 Å². The molecule has 1 aliphatic heterocycles. The molecule has 1 fully saturated rings. The number of amides is 1. The third-order valence-corrected chi connectivity index (χ3v) is 3.39. The van der Waals surface area contributed by atoms with Crippen LogP contribution in [-0.4, -0.2) is 60.7 Å². The Kier molecular flexibility index (Phi) is 5.30. The van der Waals surface area contributed by atoms with Crippen LogP contribution < -0.4 is 10.6 Å². The molecule has 1 aliphatic rings. The largest absolute Gasteiger partial charge is 0.405 e. The molecule has 0 spiro atoms. The van der Waals surface area contributed by atoms with Crippen LogP contribution in [0.1, 0.15) is 10.4 Å². The molecule has 0 aliphatic carbocycles. The molecular formula is C13H16F4N4O. The van der Waals surface area contributed by atoms with Crippen molar-refractivity contribution >= 4 is 5.91 Å². The number of aromatic nitrogens is 1. The summed E-state index contributed by atoms with van der Waals surface area (Å²) in [7, 11) is 0. The Hall–Kier alpha value is -1.74. The van der Waals surface area contributed by atoms with Crippen LogP contribution in [0.5, 0.6) is 0 Å². The molecule has 1 amide bonds. The second-order valence-electron chi connectivity index (χ2n) is 4.95. The van der Waals surface area contributed by atoms with Gasteiger partial charge >= 0.3 is 6.18 Å². The average Bonchev–Trinajstić information content (AvgIpc) is 2.47. The lowest BCUT2D eigenvalue weighted by atomic mass is 10.2. The van der Waals surface area contributed by atoms with Crippen molar-refractivity contribution < 1.29 is 22.4 Å². The fourth-order valence-electron chi connectivity index (χ4n) is 2.27. The van der Waals surface area contributed by atoms with Crippen molar-refractivity contribution in [2.45, 2.75) is 12.2 Å². The molecule has 2 heterocycles. The van der Waals surface area contributed by atoms with Gasteiger partial charge in [-0.2, -0.15) is 13.2 Å². The van der Waals surface area contributed by atoms with Gasteiger partial charge in [0.05, 0.1) is 11.8 Å². The summed E-state index contributed by atoms with van der Waals surface area (Å²) in [6, 6.07) is -0.837. The normalized spacial score (nSPS) is 18.0. The molecule has 1 aromatic heterocycles. The first-order chi connectivity index (χ1) is 10.4. The maximum atomic E-state index is 13.1. The number of halogens is 4. The second kappa shape index (κ2) is 7.01. The summed E-state index contributed by atoms with van der Waals surface area (Å²) in [5.74, 6) is -1.50. The van der Waals surface area contributed by atoms with Gasteiger partial charge in [-0.15, -0.1) is 0 Å². The Morgan fingerprint density at radius 3 is 2.64 bits per heavy atom. The SMILES string of the molecule is O=C(NCC(N1CCNCC1)C(F)(F)F)c1cncc(F)c1. The van der Waals surface area contributed by atoms with E-state index < -0.39 is 30.5 Å². The van der Waals surface area contributed by atoms with Crippen LogP contribution in [0, 0.1) is 5.82 Å². The van der Waals surface area contributed by atoms with Crippen molar-refractivity contribution in [3.8, 4) is 0 Å². The Labute approximate surface area is 124 Å². The van der Waals surface area contributed by atoms with Gasteiger partial charge in [0.1, 0.15) is 11.9 Å². The van der Waals surface area contributed by atoms with E-state index in [1.165, 1.54) is 4.90 Å². The molecular weight excluding hydrogens is 304 g/mol. The van der Waals surface area contributed by atoms with E-state index in [-0.39, 0.29) is 18.7 Å². The summed E-state index contributed by atoms with van der Waals surface area (Å²) in [5, 5.41) is 5.17. The van der Waals surface area contributed by atoms with Gasteiger partial charge in [0.15, 0.2) is 0 Å². The molecule has 22 heavy (non-hydrogen) atoms. The topological polar surface area (TPSA) is 57.3 Å². The highest BCUT2D eigenvalue weighted by molar-refractivity contribution is 5.93. The lowest BCUT2D eigenvalue weighted by molar-refractivity contribution is -0.183. The Morgan fingerprint density at radius 1 is 1.36 bits per heavy atom. The standard InChI is InChI=1S/C13H16F4N4O/c14-10-5-9(6-19-7-10)12(22)20-8-11(13(15,16)17)21-3-1-18-2-4-21/h5-7,11,18H,1-4,8H2,(H,20,22). The number of alkyl halides is 3. The van der Waals surface area contributed by atoms with Crippen LogP contribution in [0.4, 0.5) is 17.6 Å². The smallest absolute Gasteiger partial charge is 0.350 e. The zero-order chi connectivity index (χ0) is 16.2. The molecule has 0 aromatic carbocycles. The van der Waals surface area contributed by atoms with Crippen LogP contribution >= 0.6 is 0 Å². The molecule has 0 saturated carbocycles. The fraction of sp³-hybridized carbons (Fsp3) is 0.538. The molecule has 122 valence electrons. The van der Waals surface area contributed by atoms with Gasteiger partial charge < -0.3 is 10.6 Å². The lowest BCUT2D eigenvalue weighted by Crippen LogP contribution is -2.57. The minimum Gasteiger partial charge on any atom is -0.350 e. The monoisotopic (exact) mass is 320 g/mol. The first-order valence-corrected chi connectivity index (χ1v) is 6.78. The van der Waals surface area contributed by atoms with E-state index >= 15 is 0 Å². The van der Waals surface area contributed by atoms with Crippen LogP contribution in [-0.2, 0) is 0 Å². The summed E-state index contributed by atoms with van der Waals surface area (Å²) >= 11 is 0. The molecule has 1 atom stereocenters. The van der Waals surface area contributed by atoms with Gasteiger partial charge in [0.2, 0.25) is 0 Å². The maximum absolute atomic E-state index is 13.1. The number of carbonyl (C=O) groups is 1. The van der Waals surface area contributed by atoms with Crippen molar-refractivity contribution in [3.05, 3.63) is 29.8 Å². The number of rotatable bonds is 4. The van der Waals surface area contributed by atoms with Crippen LogP contribution in [0.15, 0.2) is 18.5 Å². The second-order valence-corrected chi connectivity index (χ2v) is 4.95. The zero-order valence-electron chi connectivity index (χ0n) is 11.7. The van der Waals surface area contributed by atoms with Gasteiger partial charge in [0.25, 0.3) is 5.91 Å². The van der Waals surface area contributed by atoms with Crippen molar-refractivity contribution in [2.75, 3.05) is 32.7 Å². The van der Waals surface area contributed by atoms with Crippen molar-refractivity contribution in [1.82, 2.24) is 20.5 Å². The highest BCUT2D eigenvalue weighted by Crippen LogP contribution is 2.24. The van der Waals surface area contributed by atoms with E-state index in [4.69, 9.17) is 0 Å². The number of nitrogens with one attached hydrogen (secondary N) is 2. The first-order valence-electron chi connectivity index (χ1n) is 6.78. The zero-order valence-corrected chi connectivity index (χ0v) is 11.7. The van der Waals surface area contributed by atoms with Crippen LogP contribution in [0.3, 0.4) is 0 Å². The molecule has 2 rings (SSSR count). The van der Waals surface area contributed by atoms with Crippen molar-refractivity contribution in [2.24, 2.45) is 0 Å². The minimum absolute atomic E-state index is 0.110. The van der Waals surface area contributed by atoms with E-state index in [2.05, 4.69) is 15.6 Å². The van der Waals surface area contributed by atoms with E-state index in [1.54, 1.807) is 0 Å². The molecule has 1 saturated heterocycles. The fourth-order valence-corrected chi connectivity index (χ4v) is 2.27. The van der Waals surface area contributed by atoms with E-state index in [9.17, 15) is 22.4 Å². The van der Waals surface area contributed by atoms with Crippen LogP contribution in [0.25, 0.3) is 0 Å². The average molecular weight is 320 g/mol. The summed E-state index contributed by atoms with van der Waals surface area (Å²) in [4.78, 5) is 16.6. The van der Waals surface area contributed by atoms with Gasteiger partial charge in [-0.3, -0.25) is 14.7 Å². The highest BCUT2D eigenvalue weighted by Gasteiger charge is 2.43. The van der Waals surface area contributed by atoms with E-state index in [1.807, 2.05) is 0 Å². The summed E-state index contributed by atoms with van der Waals surface area (Å²) in [5.41, 5.74) is -0.110. The van der Waals surface area contributed by atoms with Crippen molar-refractivity contribution in [1.29, 1.82) is 0 Å². The van der Waals surface area contributed by atoms with E-state index in [0.29, 0.717) is 13.1 Å². The molecule has 5 nitrogen and oxygen atoms in total. The van der Waals surface area contributed by atoms with E-state index in [0.717, 1.165) is 18.5 Å². The molecule has 1 aromatic rings. The number of pyridine rings is 1. The Balaban J connectivity index is 2.00. The van der Waals surface area contributed by atoms with Gasteiger partial charge in [-0.25, -0.2) is 4.39 Å². The van der Waals surface area contributed by atoms with Gasteiger partial charge in [-0.05, 0) is 6.07 Å². The number of nitrogens with zero attached hydrogens (tertiary/aromatic N) is 2. The third-order valence-electron chi connectivity index (χ3n) is 3.39.